The maximum Gasteiger partial charge on any atom is 0.321 e. The summed E-state index contributed by atoms with van der Waals surface area (Å²) >= 11 is 0. The quantitative estimate of drug-likeness (QED) is 0.868. The second-order valence-corrected chi connectivity index (χ2v) is 4.78. The predicted octanol–water partition coefficient (Wildman–Crippen LogP) is 1.12. The summed E-state index contributed by atoms with van der Waals surface area (Å²) in [4.78, 5) is 24.6. The lowest BCUT2D eigenvalue weighted by Crippen LogP contribution is -2.45. The molecule has 1 fully saturated rings. The van der Waals surface area contributed by atoms with Crippen LogP contribution in [0.3, 0.4) is 0 Å². The van der Waals surface area contributed by atoms with E-state index >= 15 is 0 Å². The van der Waals surface area contributed by atoms with Crippen molar-refractivity contribution in [3.63, 3.8) is 0 Å². The molecule has 0 aliphatic carbocycles. The monoisotopic (exact) mass is 289 g/mol. The Bertz CT molecular complexity index is 579. The summed E-state index contributed by atoms with van der Waals surface area (Å²) in [6, 6.07) is 7.49. The normalized spacial score (nSPS) is 20.6. The van der Waals surface area contributed by atoms with Crippen LogP contribution >= 0.6 is 0 Å². The van der Waals surface area contributed by atoms with Crippen LogP contribution in [0.1, 0.15) is 5.56 Å². The maximum atomic E-state index is 12.1. The molecule has 1 aliphatic rings. The van der Waals surface area contributed by atoms with Gasteiger partial charge in [-0.25, -0.2) is 4.79 Å². The number of amides is 2. The number of ether oxygens (including phenoxy) is 1. The minimum absolute atomic E-state index is 0.106. The summed E-state index contributed by atoms with van der Waals surface area (Å²) in [5.74, 6) is -1.70. The summed E-state index contributed by atoms with van der Waals surface area (Å²) in [7, 11) is 1.54. The minimum atomic E-state index is -0.976. The highest BCUT2D eigenvalue weighted by atomic mass is 16.5. The molecule has 110 valence electrons. The van der Waals surface area contributed by atoms with Crippen molar-refractivity contribution in [1.29, 1.82) is 5.26 Å². The molecule has 2 atom stereocenters. The molecule has 7 heteroatoms. The van der Waals surface area contributed by atoms with Crippen LogP contribution in [0.25, 0.3) is 0 Å². The molecule has 7 nitrogen and oxygen atoms in total. The van der Waals surface area contributed by atoms with Crippen molar-refractivity contribution in [2.75, 3.05) is 25.6 Å². The highest BCUT2D eigenvalue weighted by molar-refractivity contribution is 5.89. The van der Waals surface area contributed by atoms with Gasteiger partial charge in [0, 0.05) is 12.7 Å². The fourth-order valence-electron chi connectivity index (χ4n) is 2.15. The fraction of sp³-hybridized carbons (Fsp3) is 0.357. The number of likely N-dealkylation sites (N-methyl/N-ethyl adjacent to an activating group) is 1. The molecule has 1 aliphatic heterocycles. The SMILES string of the molecule is CN(C(=O)Nc1ccc(C#N)cc1)C1COCC1C(=O)O. The summed E-state index contributed by atoms with van der Waals surface area (Å²) in [6.07, 6.45) is 0. The average molecular weight is 289 g/mol. The number of nitrogens with one attached hydrogen (secondary N) is 1. The van der Waals surface area contributed by atoms with E-state index in [-0.39, 0.29) is 13.2 Å². The molecule has 2 amide bonds. The number of hydrogen-bond acceptors (Lipinski definition) is 4. The first-order valence-corrected chi connectivity index (χ1v) is 6.37. The number of urea groups is 1. The van der Waals surface area contributed by atoms with E-state index in [0.717, 1.165) is 0 Å². The zero-order chi connectivity index (χ0) is 15.4. The van der Waals surface area contributed by atoms with Crippen LogP contribution in [0.2, 0.25) is 0 Å². The zero-order valence-corrected chi connectivity index (χ0v) is 11.4. The van der Waals surface area contributed by atoms with Gasteiger partial charge in [-0.15, -0.1) is 0 Å². The van der Waals surface area contributed by atoms with Crippen molar-refractivity contribution in [1.82, 2.24) is 4.90 Å². The molecule has 0 radical (unpaired) electrons. The Balaban J connectivity index is 2.02. The van der Waals surface area contributed by atoms with Gasteiger partial charge in [0.05, 0.1) is 30.9 Å². The van der Waals surface area contributed by atoms with Gasteiger partial charge in [-0.05, 0) is 24.3 Å². The first-order valence-electron chi connectivity index (χ1n) is 6.37. The first kappa shape index (κ1) is 14.8. The van der Waals surface area contributed by atoms with Crippen LogP contribution in [-0.2, 0) is 9.53 Å². The number of aliphatic carboxylic acids is 1. The standard InChI is InChI=1S/C14H15N3O4/c1-17(12-8-21-7-11(12)13(18)19)14(20)16-10-4-2-9(6-15)3-5-10/h2-5,11-12H,7-8H2,1H3,(H,16,20)(H,18,19). The summed E-state index contributed by atoms with van der Waals surface area (Å²) in [5.41, 5.74) is 1.04. The van der Waals surface area contributed by atoms with E-state index in [4.69, 9.17) is 15.1 Å². The van der Waals surface area contributed by atoms with Gasteiger partial charge in [-0.1, -0.05) is 0 Å². The van der Waals surface area contributed by atoms with Crippen molar-refractivity contribution in [2.45, 2.75) is 6.04 Å². The van der Waals surface area contributed by atoms with Crippen LogP contribution in [0, 0.1) is 17.2 Å². The Labute approximate surface area is 121 Å². The van der Waals surface area contributed by atoms with Crippen molar-refractivity contribution in [3.8, 4) is 6.07 Å². The number of carboxylic acid groups (broad SMARTS) is 1. The fourth-order valence-corrected chi connectivity index (χ4v) is 2.15. The molecule has 1 saturated heterocycles. The van der Waals surface area contributed by atoms with E-state index in [1.54, 1.807) is 24.3 Å². The third kappa shape index (κ3) is 3.30. The van der Waals surface area contributed by atoms with Gasteiger partial charge in [-0.3, -0.25) is 4.79 Å². The molecule has 1 aromatic rings. The van der Waals surface area contributed by atoms with E-state index in [9.17, 15) is 9.59 Å². The molecule has 1 aromatic carbocycles. The van der Waals surface area contributed by atoms with Crippen LogP contribution in [0.4, 0.5) is 10.5 Å². The van der Waals surface area contributed by atoms with Crippen LogP contribution < -0.4 is 5.32 Å². The highest BCUT2D eigenvalue weighted by Gasteiger charge is 2.38. The lowest BCUT2D eigenvalue weighted by Gasteiger charge is -2.26. The van der Waals surface area contributed by atoms with Gasteiger partial charge in [0.2, 0.25) is 0 Å². The van der Waals surface area contributed by atoms with Crippen LogP contribution in [0.15, 0.2) is 24.3 Å². The number of hydrogen-bond donors (Lipinski definition) is 2. The maximum absolute atomic E-state index is 12.1. The van der Waals surface area contributed by atoms with E-state index in [1.165, 1.54) is 11.9 Å². The van der Waals surface area contributed by atoms with E-state index in [1.807, 2.05) is 6.07 Å². The van der Waals surface area contributed by atoms with Crippen LogP contribution in [-0.4, -0.2) is 48.3 Å². The number of rotatable bonds is 3. The van der Waals surface area contributed by atoms with Crippen molar-refractivity contribution < 1.29 is 19.4 Å². The highest BCUT2D eigenvalue weighted by Crippen LogP contribution is 2.20. The third-order valence-electron chi connectivity index (χ3n) is 3.45. The number of nitrogens with zero attached hydrogens (tertiary/aromatic N) is 2. The van der Waals surface area contributed by atoms with Gasteiger partial charge < -0.3 is 20.1 Å². The average Bonchev–Trinajstić information content (AvgIpc) is 2.96. The Morgan fingerprint density at radius 1 is 1.38 bits per heavy atom. The molecular formula is C14H15N3O4. The third-order valence-corrected chi connectivity index (χ3v) is 3.45. The largest absolute Gasteiger partial charge is 0.481 e. The lowest BCUT2D eigenvalue weighted by atomic mass is 10.0. The summed E-state index contributed by atoms with van der Waals surface area (Å²) in [6.45, 7) is 0.308. The number of anilines is 1. The molecule has 2 unspecified atom stereocenters. The second kappa shape index (κ2) is 6.24. The van der Waals surface area contributed by atoms with E-state index in [0.29, 0.717) is 11.3 Å². The minimum Gasteiger partial charge on any atom is -0.481 e. The van der Waals surface area contributed by atoms with E-state index < -0.39 is 24.0 Å². The molecule has 2 N–H and O–H groups in total. The molecule has 21 heavy (non-hydrogen) atoms. The Morgan fingerprint density at radius 3 is 2.62 bits per heavy atom. The predicted molar refractivity (Wildman–Crippen MR) is 73.7 cm³/mol. The number of carboxylic acids is 1. The smallest absolute Gasteiger partial charge is 0.321 e. The topological polar surface area (TPSA) is 103 Å². The van der Waals surface area contributed by atoms with Gasteiger partial charge in [-0.2, -0.15) is 5.26 Å². The number of carbonyl (C=O) groups excluding carboxylic acids is 1. The zero-order valence-electron chi connectivity index (χ0n) is 11.4. The molecule has 0 bridgehead atoms. The Kier molecular flexibility index (Phi) is 4.40. The van der Waals surface area contributed by atoms with Gasteiger partial charge in [0.25, 0.3) is 0 Å². The van der Waals surface area contributed by atoms with Crippen molar-refractivity contribution in [2.24, 2.45) is 5.92 Å². The lowest BCUT2D eigenvalue weighted by molar-refractivity contribution is -0.142. The molecule has 2 rings (SSSR count). The molecule has 0 saturated carbocycles. The molecule has 1 heterocycles. The molecular weight excluding hydrogens is 274 g/mol. The van der Waals surface area contributed by atoms with Gasteiger partial charge in [0.15, 0.2) is 0 Å². The summed E-state index contributed by atoms with van der Waals surface area (Å²) in [5, 5.41) is 20.5. The Morgan fingerprint density at radius 2 is 2.05 bits per heavy atom. The van der Waals surface area contributed by atoms with Gasteiger partial charge >= 0.3 is 12.0 Å². The first-order chi connectivity index (χ1) is 10.0. The van der Waals surface area contributed by atoms with Crippen LogP contribution in [0.5, 0.6) is 0 Å². The van der Waals surface area contributed by atoms with Crippen molar-refractivity contribution in [3.05, 3.63) is 29.8 Å². The number of benzene rings is 1. The number of carbonyl (C=O) groups is 2. The van der Waals surface area contributed by atoms with E-state index in [2.05, 4.69) is 5.32 Å². The summed E-state index contributed by atoms with van der Waals surface area (Å²) < 4.78 is 5.14. The van der Waals surface area contributed by atoms with Crippen molar-refractivity contribution >= 4 is 17.7 Å². The second-order valence-electron chi connectivity index (χ2n) is 4.78. The molecule has 0 spiro atoms. The molecule has 0 aromatic heterocycles. The van der Waals surface area contributed by atoms with Gasteiger partial charge in [0.1, 0.15) is 5.92 Å². The Hall–Kier alpha value is -2.59. The number of nitriles is 1.